The third kappa shape index (κ3) is 3.15. The van der Waals surface area contributed by atoms with Crippen LogP contribution in [0.3, 0.4) is 0 Å². The molecule has 0 fully saturated rings. The molecule has 1 N–H and O–H groups in total. The van der Waals surface area contributed by atoms with Gasteiger partial charge in [0.25, 0.3) is 5.91 Å². The zero-order valence-corrected chi connectivity index (χ0v) is 12.8. The summed E-state index contributed by atoms with van der Waals surface area (Å²) in [5, 5.41) is 10.5. The molecule has 0 spiro atoms. The fourth-order valence-electron chi connectivity index (χ4n) is 2.32. The molecule has 3 rings (SSSR count). The number of halogens is 2. The molecule has 0 radical (unpaired) electrons. The van der Waals surface area contributed by atoms with Gasteiger partial charge in [0.2, 0.25) is 0 Å². The Morgan fingerprint density at radius 3 is 2.79 bits per heavy atom. The topological polar surface area (TPSA) is 59.8 Å². The van der Waals surface area contributed by atoms with E-state index in [1.807, 2.05) is 17.6 Å². The lowest BCUT2D eigenvalue weighted by Gasteiger charge is -2.08. The Kier molecular flexibility index (Phi) is 4.33. The average molecular weight is 328 g/mol. The first-order valence-corrected chi connectivity index (χ1v) is 7.33. The van der Waals surface area contributed by atoms with Crippen LogP contribution in [-0.4, -0.2) is 20.7 Å². The molecule has 1 amide bonds. The van der Waals surface area contributed by atoms with Gasteiger partial charge in [0.05, 0.1) is 5.56 Å². The van der Waals surface area contributed by atoms with Crippen molar-refractivity contribution in [3.05, 3.63) is 66.0 Å². The standard InChI is InChI=1S/C17H14F2N4O/c1-2-23-10-20-22-16(23)11-4-3-5-13(8-11)21-17(24)14-7-6-12(18)9-15(14)19/h3-10H,2H2,1H3,(H,21,24). The molecule has 122 valence electrons. The molecule has 24 heavy (non-hydrogen) atoms. The first-order chi connectivity index (χ1) is 11.6. The molecule has 0 atom stereocenters. The number of amides is 1. The van der Waals surface area contributed by atoms with E-state index < -0.39 is 17.5 Å². The number of carbonyl (C=O) groups is 1. The quantitative estimate of drug-likeness (QED) is 0.797. The Bertz CT molecular complexity index is 892. The summed E-state index contributed by atoms with van der Waals surface area (Å²) in [6.45, 7) is 2.68. The highest BCUT2D eigenvalue weighted by molar-refractivity contribution is 6.04. The molecule has 3 aromatic rings. The number of carbonyl (C=O) groups excluding carboxylic acids is 1. The Morgan fingerprint density at radius 1 is 1.21 bits per heavy atom. The summed E-state index contributed by atoms with van der Waals surface area (Å²) < 4.78 is 28.5. The maximum atomic E-state index is 13.7. The highest BCUT2D eigenvalue weighted by atomic mass is 19.1. The molecular weight excluding hydrogens is 314 g/mol. The van der Waals surface area contributed by atoms with Crippen molar-refractivity contribution in [1.29, 1.82) is 0 Å². The van der Waals surface area contributed by atoms with Crippen LogP contribution in [0.4, 0.5) is 14.5 Å². The summed E-state index contributed by atoms with van der Waals surface area (Å²) in [4.78, 5) is 12.2. The van der Waals surface area contributed by atoms with E-state index in [0.717, 1.165) is 17.7 Å². The van der Waals surface area contributed by atoms with Gasteiger partial charge in [-0.3, -0.25) is 4.79 Å². The molecule has 0 aliphatic carbocycles. The lowest BCUT2D eigenvalue weighted by molar-refractivity contribution is 0.102. The van der Waals surface area contributed by atoms with Crippen molar-refractivity contribution in [3.63, 3.8) is 0 Å². The molecule has 1 aromatic heterocycles. The predicted octanol–water partition coefficient (Wildman–Crippen LogP) is 3.50. The van der Waals surface area contributed by atoms with E-state index in [1.54, 1.807) is 24.5 Å². The number of nitrogens with zero attached hydrogens (tertiary/aromatic N) is 3. The van der Waals surface area contributed by atoms with E-state index >= 15 is 0 Å². The van der Waals surface area contributed by atoms with Crippen LogP contribution < -0.4 is 5.32 Å². The Labute approximate surface area is 137 Å². The second-order valence-corrected chi connectivity index (χ2v) is 5.10. The number of rotatable bonds is 4. The number of nitrogens with one attached hydrogen (secondary N) is 1. The highest BCUT2D eigenvalue weighted by Gasteiger charge is 2.13. The van der Waals surface area contributed by atoms with Crippen molar-refractivity contribution in [1.82, 2.24) is 14.8 Å². The molecule has 1 heterocycles. The van der Waals surface area contributed by atoms with Gasteiger partial charge in [-0.1, -0.05) is 12.1 Å². The minimum atomic E-state index is -0.908. The zero-order chi connectivity index (χ0) is 17.1. The summed E-state index contributed by atoms with van der Waals surface area (Å²) in [6.07, 6.45) is 1.62. The van der Waals surface area contributed by atoms with E-state index in [1.165, 1.54) is 0 Å². The molecule has 0 unspecified atom stereocenters. The minimum Gasteiger partial charge on any atom is -0.322 e. The maximum Gasteiger partial charge on any atom is 0.258 e. The number of aromatic nitrogens is 3. The van der Waals surface area contributed by atoms with Crippen LogP contribution >= 0.6 is 0 Å². The van der Waals surface area contributed by atoms with Gasteiger partial charge < -0.3 is 9.88 Å². The molecule has 2 aromatic carbocycles. The normalized spacial score (nSPS) is 10.6. The minimum absolute atomic E-state index is 0.224. The summed E-state index contributed by atoms with van der Waals surface area (Å²) in [5.41, 5.74) is 1.03. The number of benzene rings is 2. The van der Waals surface area contributed by atoms with E-state index in [-0.39, 0.29) is 5.56 Å². The monoisotopic (exact) mass is 328 g/mol. The summed E-state index contributed by atoms with van der Waals surface area (Å²) >= 11 is 0. The summed E-state index contributed by atoms with van der Waals surface area (Å²) in [7, 11) is 0. The fourth-order valence-corrected chi connectivity index (χ4v) is 2.32. The van der Waals surface area contributed by atoms with Gasteiger partial charge in [0.1, 0.15) is 18.0 Å². The number of hydrogen-bond acceptors (Lipinski definition) is 3. The van der Waals surface area contributed by atoms with Gasteiger partial charge in [-0.05, 0) is 31.2 Å². The second kappa shape index (κ2) is 6.57. The van der Waals surface area contributed by atoms with Crippen molar-refractivity contribution < 1.29 is 13.6 Å². The molecule has 0 saturated heterocycles. The molecule has 0 aliphatic rings. The van der Waals surface area contributed by atoms with Gasteiger partial charge in [-0.15, -0.1) is 10.2 Å². The Morgan fingerprint density at radius 2 is 2.04 bits per heavy atom. The molecular formula is C17H14F2N4O. The van der Waals surface area contributed by atoms with Crippen molar-refractivity contribution >= 4 is 11.6 Å². The largest absolute Gasteiger partial charge is 0.322 e. The van der Waals surface area contributed by atoms with Crippen molar-refractivity contribution in [2.45, 2.75) is 13.5 Å². The molecule has 0 aliphatic heterocycles. The fraction of sp³-hybridized carbons (Fsp3) is 0.118. The molecule has 0 saturated carbocycles. The van der Waals surface area contributed by atoms with Gasteiger partial charge >= 0.3 is 0 Å². The van der Waals surface area contributed by atoms with Crippen LogP contribution in [0.5, 0.6) is 0 Å². The van der Waals surface area contributed by atoms with E-state index in [9.17, 15) is 13.6 Å². The summed E-state index contributed by atoms with van der Waals surface area (Å²) in [5.74, 6) is -1.62. The predicted molar refractivity (Wildman–Crippen MR) is 85.4 cm³/mol. The first kappa shape index (κ1) is 15.8. The molecule has 0 bridgehead atoms. The Balaban J connectivity index is 1.86. The first-order valence-electron chi connectivity index (χ1n) is 7.33. The average Bonchev–Trinajstić information content (AvgIpc) is 3.03. The van der Waals surface area contributed by atoms with Gasteiger partial charge in [0, 0.05) is 23.9 Å². The molecule has 5 nitrogen and oxygen atoms in total. The SMILES string of the molecule is CCn1cnnc1-c1cccc(NC(=O)c2ccc(F)cc2F)c1. The van der Waals surface area contributed by atoms with Gasteiger partial charge in [-0.2, -0.15) is 0 Å². The third-order valence-electron chi connectivity index (χ3n) is 3.51. The van der Waals surface area contributed by atoms with E-state index in [0.29, 0.717) is 24.1 Å². The highest BCUT2D eigenvalue weighted by Crippen LogP contribution is 2.21. The van der Waals surface area contributed by atoms with Crippen LogP contribution in [0, 0.1) is 11.6 Å². The summed E-state index contributed by atoms with van der Waals surface area (Å²) in [6, 6.07) is 9.81. The van der Waals surface area contributed by atoms with E-state index in [4.69, 9.17) is 0 Å². The maximum absolute atomic E-state index is 13.7. The third-order valence-corrected chi connectivity index (χ3v) is 3.51. The van der Waals surface area contributed by atoms with Crippen LogP contribution in [0.1, 0.15) is 17.3 Å². The Hall–Kier alpha value is -3.09. The van der Waals surface area contributed by atoms with Crippen molar-refractivity contribution in [3.8, 4) is 11.4 Å². The van der Waals surface area contributed by atoms with Crippen molar-refractivity contribution in [2.24, 2.45) is 0 Å². The van der Waals surface area contributed by atoms with Crippen LogP contribution in [0.25, 0.3) is 11.4 Å². The van der Waals surface area contributed by atoms with Crippen LogP contribution in [-0.2, 0) is 6.54 Å². The smallest absolute Gasteiger partial charge is 0.258 e. The van der Waals surface area contributed by atoms with E-state index in [2.05, 4.69) is 15.5 Å². The zero-order valence-electron chi connectivity index (χ0n) is 12.8. The lowest BCUT2D eigenvalue weighted by Crippen LogP contribution is -2.14. The number of anilines is 1. The lowest BCUT2D eigenvalue weighted by atomic mass is 10.1. The van der Waals surface area contributed by atoms with Crippen molar-refractivity contribution in [2.75, 3.05) is 5.32 Å². The van der Waals surface area contributed by atoms with Gasteiger partial charge in [0.15, 0.2) is 5.82 Å². The second-order valence-electron chi connectivity index (χ2n) is 5.10. The number of hydrogen-bond donors (Lipinski definition) is 1. The van der Waals surface area contributed by atoms with Gasteiger partial charge in [-0.25, -0.2) is 8.78 Å². The number of aryl methyl sites for hydroxylation is 1. The van der Waals surface area contributed by atoms with Crippen LogP contribution in [0.15, 0.2) is 48.8 Å². The molecule has 7 heteroatoms. The van der Waals surface area contributed by atoms with Crippen LogP contribution in [0.2, 0.25) is 0 Å².